The lowest BCUT2D eigenvalue weighted by Gasteiger charge is -2.29. The van der Waals surface area contributed by atoms with Crippen LogP contribution in [0.15, 0.2) is 47.4 Å². The third-order valence-electron chi connectivity index (χ3n) is 6.93. The molecular formula is C26H33N3O5S. The van der Waals surface area contributed by atoms with Crippen molar-refractivity contribution in [1.82, 2.24) is 9.62 Å². The molecule has 2 N–H and O–H groups in total. The molecule has 2 atom stereocenters. The van der Waals surface area contributed by atoms with E-state index in [1.54, 1.807) is 29.2 Å². The summed E-state index contributed by atoms with van der Waals surface area (Å²) in [5.74, 6) is -0.221. The molecular weight excluding hydrogens is 466 g/mol. The Morgan fingerprint density at radius 1 is 1.00 bits per heavy atom. The molecule has 0 radical (unpaired) electrons. The Labute approximate surface area is 207 Å². The zero-order chi connectivity index (χ0) is 25.0. The standard InChI is InChI=1S/C26H33N3O5S/c1-18-9-3-5-11-21(18)28-35(32,33)24-17-19(13-14-23(24)34-2)25(30)27-22-12-6-4-10-20(22)26(31)29-15-7-8-16-29/h4,6,10,12-14,17-18,21,28H,3,5,7-9,11,15-16H2,1-2H3,(H,27,30). The second kappa shape index (κ2) is 10.8. The largest absolute Gasteiger partial charge is 0.495 e. The Morgan fingerprint density at radius 2 is 1.71 bits per heavy atom. The minimum atomic E-state index is -3.91. The lowest BCUT2D eigenvalue weighted by molar-refractivity contribution is 0.0794. The van der Waals surface area contributed by atoms with E-state index in [1.165, 1.54) is 25.3 Å². The number of para-hydroxylation sites is 1. The molecule has 8 nitrogen and oxygen atoms in total. The smallest absolute Gasteiger partial charge is 0.255 e. The van der Waals surface area contributed by atoms with Crippen LogP contribution >= 0.6 is 0 Å². The van der Waals surface area contributed by atoms with Gasteiger partial charge >= 0.3 is 0 Å². The summed E-state index contributed by atoms with van der Waals surface area (Å²) in [4.78, 5) is 27.8. The van der Waals surface area contributed by atoms with Crippen molar-refractivity contribution in [2.75, 3.05) is 25.5 Å². The molecule has 2 amide bonds. The molecule has 4 rings (SSSR count). The van der Waals surface area contributed by atoms with Crippen LogP contribution in [0.4, 0.5) is 5.69 Å². The Hall–Kier alpha value is -2.91. The van der Waals surface area contributed by atoms with Gasteiger partial charge in [-0.05, 0) is 61.9 Å². The van der Waals surface area contributed by atoms with Crippen LogP contribution in [-0.2, 0) is 10.0 Å². The molecule has 188 valence electrons. The van der Waals surface area contributed by atoms with Crippen molar-refractivity contribution >= 4 is 27.5 Å². The summed E-state index contributed by atoms with van der Waals surface area (Å²) in [6, 6.07) is 11.0. The summed E-state index contributed by atoms with van der Waals surface area (Å²) >= 11 is 0. The van der Waals surface area contributed by atoms with Gasteiger partial charge in [-0.25, -0.2) is 13.1 Å². The normalized spacial score (nSPS) is 20.5. The summed E-state index contributed by atoms with van der Waals surface area (Å²) in [6.07, 6.45) is 5.77. The van der Waals surface area contributed by atoms with E-state index in [9.17, 15) is 18.0 Å². The van der Waals surface area contributed by atoms with Crippen LogP contribution in [-0.4, -0.2) is 51.4 Å². The van der Waals surface area contributed by atoms with Crippen molar-refractivity contribution in [1.29, 1.82) is 0 Å². The highest BCUT2D eigenvalue weighted by Gasteiger charge is 2.29. The fourth-order valence-corrected chi connectivity index (χ4v) is 6.42. The van der Waals surface area contributed by atoms with Gasteiger partial charge < -0.3 is 15.0 Å². The number of carbonyl (C=O) groups is 2. The molecule has 1 saturated carbocycles. The molecule has 2 fully saturated rings. The van der Waals surface area contributed by atoms with Crippen molar-refractivity contribution in [3.8, 4) is 5.75 Å². The molecule has 0 bridgehead atoms. The van der Waals surface area contributed by atoms with Crippen molar-refractivity contribution < 1.29 is 22.7 Å². The average Bonchev–Trinajstić information content (AvgIpc) is 3.40. The first kappa shape index (κ1) is 25.2. The van der Waals surface area contributed by atoms with Crippen LogP contribution in [0.1, 0.15) is 66.2 Å². The van der Waals surface area contributed by atoms with Crippen molar-refractivity contribution in [3.05, 3.63) is 53.6 Å². The molecule has 2 aromatic carbocycles. The fraction of sp³-hybridized carbons (Fsp3) is 0.462. The summed E-state index contributed by atoms with van der Waals surface area (Å²) in [5, 5.41) is 2.79. The van der Waals surface area contributed by atoms with Crippen LogP contribution in [0.3, 0.4) is 0 Å². The minimum Gasteiger partial charge on any atom is -0.495 e. The third-order valence-corrected chi connectivity index (χ3v) is 8.44. The maximum Gasteiger partial charge on any atom is 0.255 e. The second-order valence-corrected chi connectivity index (χ2v) is 11.0. The van der Waals surface area contributed by atoms with Crippen LogP contribution in [0.25, 0.3) is 0 Å². The van der Waals surface area contributed by atoms with E-state index in [2.05, 4.69) is 10.0 Å². The van der Waals surface area contributed by atoms with E-state index in [1.807, 2.05) is 6.92 Å². The van der Waals surface area contributed by atoms with Gasteiger partial charge in [0.2, 0.25) is 10.0 Å². The van der Waals surface area contributed by atoms with Crippen LogP contribution in [0.5, 0.6) is 5.75 Å². The number of sulfonamides is 1. The number of nitrogens with one attached hydrogen (secondary N) is 2. The zero-order valence-electron chi connectivity index (χ0n) is 20.2. The predicted octanol–water partition coefficient (Wildman–Crippen LogP) is 4.04. The molecule has 35 heavy (non-hydrogen) atoms. The summed E-state index contributed by atoms with van der Waals surface area (Å²) in [7, 11) is -2.51. The first-order chi connectivity index (χ1) is 16.8. The van der Waals surface area contributed by atoms with E-state index < -0.39 is 15.9 Å². The maximum atomic E-state index is 13.3. The van der Waals surface area contributed by atoms with Crippen LogP contribution in [0, 0.1) is 5.92 Å². The number of nitrogens with zero attached hydrogens (tertiary/aromatic N) is 1. The number of anilines is 1. The number of likely N-dealkylation sites (tertiary alicyclic amines) is 1. The van der Waals surface area contributed by atoms with E-state index in [4.69, 9.17) is 4.74 Å². The summed E-state index contributed by atoms with van der Waals surface area (Å²) in [5.41, 5.74) is 0.965. The number of methoxy groups -OCH3 is 1. The summed E-state index contributed by atoms with van der Waals surface area (Å²) < 4.78 is 34.7. The monoisotopic (exact) mass is 499 g/mol. The Bertz CT molecular complexity index is 1190. The summed E-state index contributed by atoms with van der Waals surface area (Å²) in [6.45, 7) is 3.45. The molecule has 0 aromatic heterocycles. The van der Waals surface area contributed by atoms with Gasteiger partial charge in [0.25, 0.3) is 11.8 Å². The lowest BCUT2D eigenvalue weighted by atomic mass is 9.87. The molecule has 9 heteroatoms. The molecule has 1 saturated heterocycles. The van der Waals surface area contributed by atoms with Gasteiger partial charge in [0.1, 0.15) is 10.6 Å². The number of carbonyl (C=O) groups excluding carboxylic acids is 2. The molecule has 1 heterocycles. The molecule has 1 aliphatic carbocycles. The third kappa shape index (κ3) is 5.67. The van der Waals surface area contributed by atoms with E-state index in [0.29, 0.717) is 24.3 Å². The first-order valence-corrected chi connectivity index (χ1v) is 13.7. The highest BCUT2D eigenvalue weighted by Crippen LogP contribution is 2.29. The topological polar surface area (TPSA) is 105 Å². The number of amides is 2. The van der Waals surface area contributed by atoms with E-state index in [-0.39, 0.29) is 34.1 Å². The van der Waals surface area contributed by atoms with Crippen LogP contribution in [0.2, 0.25) is 0 Å². The van der Waals surface area contributed by atoms with Crippen molar-refractivity contribution in [2.45, 2.75) is 56.4 Å². The Balaban J connectivity index is 1.58. The highest BCUT2D eigenvalue weighted by molar-refractivity contribution is 7.89. The first-order valence-electron chi connectivity index (χ1n) is 12.2. The van der Waals surface area contributed by atoms with Gasteiger partial charge in [0, 0.05) is 24.7 Å². The average molecular weight is 500 g/mol. The van der Waals surface area contributed by atoms with Crippen molar-refractivity contribution in [3.63, 3.8) is 0 Å². The van der Waals surface area contributed by atoms with Crippen molar-refractivity contribution in [2.24, 2.45) is 5.92 Å². The molecule has 0 spiro atoms. The molecule has 2 aromatic rings. The molecule has 1 aliphatic heterocycles. The maximum absolute atomic E-state index is 13.3. The number of rotatable bonds is 7. The van der Waals surface area contributed by atoms with Gasteiger partial charge in [-0.15, -0.1) is 0 Å². The van der Waals surface area contributed by atoms with Gasteiger partial charge in [0.05, 0.1) is 18.4 Å². The number of hydrogen-bond donors (Lipinski definition) is 2. The van der Waals surface area contributed by atoms with Gasteiger partial charge in [0.15, 0.2) is 0 Å². The molecule has 2 aliphatic rings. The lowest BCUT2D eigenvalue weighted by Crippen LogP contribution is -2.41. The quantitative estimate of drug-likeness (QED) is 0.598. The Kier molecular flexibility index (Phi) is 7.76. The van der Waals surface area contributed by atoms with E-state index >= 15 is 0 Å². The molecule has 2 unspecified atom stereocenters. The van der Waals surface area contributed by atoms with Gasteiger partial charge in [-0.3, -0.25) is 9.59 Å². The zero-order valence-corrected chi connectivity index (χ0v) is 21.1. The SMILES string of the molecule is COc1ccc(C(=O)Nc2ccccc2C(=O)N2CCCC2)cc1S(=O)(=O)NC1CCCCC1C. The number of benzene rings is 2. The van der Waals surface area contributed by atoms with Gasteiger partial charge in [-0.1, -0.05) is 31.9 Å². The van der Waals surface area contributed by atoms with Gasteiger partial charge in [-0.2, -0.15) is 0 Å². The number of hydrogen-bond acceptors (Lipinski definition) is 5. The van der Waals surface area contributed by atoms with E-state index in [0.717, 1.165) is 38.5 Å². The predicted molar refractivity (Wildman–Crippen MR) is 134 cm³/mol. The Morgan fingerprint density at radius 3 is 2.43 bits per heavy atom. The van der Waals surface area contributed by atoms with Crippen LogP contribution < -0.4 is 14.8 Å². The second-order valence-electron chi connectivity index (χ2n) is 9.35. The number of ether oxygens (including phenoxy) is 1. The minimum absolute atomic E-state index is 0.0770. The highest BCUT2D eigenvalue weighted by atomic mass is 32.2. The fourth-order valence-electron chi connectivity index (χ4n) is 4.85.